The Bertz CT molecular complexity index is 1140. The van der Waals surface area contributed by atoms with E-state index in [1.54, 1.807) is 43.3 Å². The average Bonchev–Trinajstić information content (AvgIpc) is 2.76. The molecule has 0 bridgehead atoms. The zero-order valence-electron chi connectivity index (χ0n) is 16.2. The topological polar surface area (TPSA) is 102 Å². The van der Waals surface area contributed by atoms with Gasteiger partial charge in [0.2, 0.25) is 10.0 Å². The van der Waals surface area contributed by atoms with Crippen molar-refractivity contribution >= 4 is 27.6 Å². The van der Waals surface area contributed by atoms with Crippen molar-refractivity contribution in [3.05, 3.63) is 90.0 Å². The van der Waals surface area contributed by atoms with Crippen LogP contribution in [0.2, 0.25) is 0 Å². The minimum atomic E-state index is -3.68. The van der Waals surface area contributed by atoms with Gasteiger partial charge in [-0.05, 0) is 54.6 Å². The first-order valence-electron chi connectivity index (χ1n) is 9.17. The van der Waals surface area contributed by atoms with E-state index in [0.29, 0.717) is 11.3 Å². The Balaban J connectivity index is 1.67. The van der Waals surface area contributed by atoms with Crippen LogP contribution in [0.5, 0.6) is 5.75 Å². The monoisotopic (exact) mass is 424 g/mol. The molecule has 3 aromatic carbocycles. The molecule has 3 aromatic rings. The molecule has 30 heavy (non-hydrogen) atoms. The summed E-state index contributed by atoms with van der Waals surface area (Å²) in [7, 11) is -3.68. The molecule has 0 radical (unpaired) electrons. The molecule has 3 rings (SSSR count). The van der Waals surface area contributed by atoms with E-state index in [1.165, 1.54) is 36.4 Å². The molecule has 2 N–H and O–H groups in total. The van der Waals surface area contributed by atoms with Gasteiger partial charge in [0, 0.05) is 17.8 Å². The maximum absolute atomic E-state index is 12.4. The van der Waals surface area contributed by atoms with Gasteiger partial charge in [0.15, 0.2) is 0 Å². The van der Waals surface area contributed by atoms with Gasteiger partial charge < -0.3 is 10.1 Å². The molecule has 0 unspecified atom stereocenters. The van der Waals surface area contributed by atoms with Crippen molar-refractivity contribution < 1.29 is 22.7 Å². The third kappa shape index (κ3) is 5.31. The lowest BCUT2D eigenvalue weighted by Crippen LogP contribution is -2.23. The van der Waals surface area contributed by atoms with E-state index in [9.17, 15) is 18.0 Å². The van der Waals surface area contributed by atoms with Gasteiger partial charge in [-0.25, -0.2) is 17.9 Å². The smallest absolute Gasteiger partial charge is 0.343 e. The molecule has 0 saturated carbocycles. The molecule has 0 aliphatic heterocycles. The van der Waals surface area contributed by atoms with Crippen LogP contribution in [0.15, 0.2) is 83.8 Å². The van der Waals surface area contributed by atoms with Crippen LogP contribution >= 0.6 is 0 Å². The second kappa shape index (κ2) is 9.34. The minimum Gasteiger partial charge on any atom is -0.423 e. The van der Waals surface area contributed by atoms with Gasteiger partial charge in [0.25, 0.3) is 5.91 Å². The highest BCUT2D eigenvalue weighted by Gasteiger charge is 2.16. The predicted octanol–water partition coefficient (Wildman–Crippen LogP) is 3.46. The number of ether oxygens (including phenoxy) is 1. The van der Waals surface area contributed by atoms with Crippen molar-refractivity contribution in [2.45, 2.75) is 11.8 Å². The molecule has 0 aliphatic carbocycles. The lowest BCUT2D eigenvalue weighted by Gasteiger charge is -2.09. The van der Waals surface area contributed by atoms with Gasteiger partial charge in [-0.15, -0.1) is 0 Å². The van der Waals surface area contributed by atoms with Crippen LogP contribution in [0.25, 0.3) is 0 Å². The SMILES string of the molecule is CCNS(=O)(=O)c1cccc(C(=O)Oc2ccc(NC(=O)c3ccccc3)cc2)c1. The summed E-state index contributed by atoms with van der Waals surface area (Å²) in [5.74, 6) is -0.679. The van der Waals surface area contributed by atoms with Crippen LogP contribution in [-0.4, -0.2) is 26.8 Å². The Morgan fingerprint density at radius 2 is 1.53 bits per heavy atom. The maximum Gasteiger partial charge on any atom is 0.343 e. The average molecular weight is 424 g/mol. The maximum atomic E-state index is 12.4. The van der Waals surface area contributed by atoms with Gasteiger partial charge in [-0.3, -0.25) is 4.79 Å². The fraction of sp³-hybridized carbons (Fsp3) is 0.0909. The molecule has 7 nitrogen and oxygen atoms in total. The first kappa shape index (κ1) is 21.2. The normalized spacial score (nSPS) is 11.0. The lowest BCUT2D eigenvalue weighted by atomic mass is 10.2. The summed E-state index contributed by atoms with van der Waals surface area (Å²) in [6, 6.07) is 20.7. The number of carbonyl (C=O) groups excluding carboxylic acids is 2. The number of hydrogen-bond donors (Lipinski definition) is 2. The van der Waals surface area contributed by atoms with Crippen LogP contribution in [0, 0.1) is 0 Å². The summed E-state index contributed by atoms with van der Waals surface area (Å²) in [5.41, 5.74) is 1.18. The van der Waals surface area contributed by atoms with E-state index in [4.69, 9.17) is 4.74 Å². The van der Waals surface area contributed by atoms with Crippen LogP contribution in [0.3, 0.4) is 0 Å². The summed E-state index contributed by atoms with van der Waals surface area (Å²) < 4.78 is 31.9. The van der Waals surface area contributed by atoms with Crippen molar-refractivity contribution in [2.75, 3.05) is 11.9 Å². The highest BCUT2D eigenvalue weighted by molar-refractivity contribution is 7.89. The molecule has 154 valence electrons. The van der Waals surface area contributed by atoms with Crippen molar-refractivity contribution in [3.63, 3.8) is 0 Å². The Kier molecular flexibility index (Phi) is 6.61. The Labute approximate surface area is 174 Å². The van der Waals surface area contributed by atoms with Crippen LogP contribution in [0.4, 0.5) is 5.69 Å². The van der Waals surface area contributed by atoms with Gasteiger partial charge in [0.05, 0.1) is 10.5 Å². The van der Waals surface area contributed by atoms with Gasteiger partial charge >= 0.3 is 5.97 Å². The Hall–Kier alpha value is -3.49. The zero-order chi connectivity index (χ0) is 21.6. The highest BCUT2D eigenvalue weighted by atomic mass is 32.2. The van der Waals surface area contributed by atoms with Crippen LogP contribution in [0.1, 0.15) is 27.6 Å². The highest BCUT2D eigenvalue weighted by Crippen LogP contribution is 2.19. The van der Waals surface area contributed by atoms with Crippen molar-refractivity contribution in [1.82, 2.24) is 4.72 Å². The van der Waals surface area contributed by atoms with Crippen molar-refractivity contribution in [3.8, 4) is 5.75 Å². The summed E-state index contributed by atoms with van der Waals surface area (Å²) in [6.45, 7) is 1.91. The number of rotatable bonds is 7. The first-order chi connectivity index (χ1) is 14.4. The third-order valence-corrected chi connectivity index (χ3v) is 5.62. The van der Waals surface area contributed by atoms with E-state index < -0.39 is 16.0 Å². The molecule has 0 aliphatic rings. The zero-order valence-corrected chi connectivity index (χ0v) is 17.0. The van der Waals surface area contributed by atoms with Gasteiger partial charge in [-0.1, -0.05) is 31.2 Å². The number of amides is 1. The van der Waals surface area contributed by atoms with Gasteiger partial charge in [-0.2, -0.15) is 0 Å². The lowest BCUT2D eigenvalue weighted by molar-refractivity contribution is 0.0734. The van der Waals surface area contributed by atoms with Crippen LogP contribution < -0.4 is 14.8 Å². The summed E-state index contributed by atoms with van der Waals surface area (Å²) in [6.07, 6.45) is 0. The second-order valence-electron chi connectivity index (χ2n) is 6.26. The van der Waals surface area contributed by atoms with E-state index in [0.717, 1.165) is 0 Å². The molecule has 0 heterocycles. The largest absolute Gasteiger partial charge is 0.423 e. The third-order valence-electron chi connectivity index (χ3n) is 4.07. The van der Waals surface area contributed by atoms with E-state index >= 15 is 0 Å². The summed E-state index contributed by atoms with van der Waals surface area (Å²) in [5, 5.41) is 2.75. The minimum absolute atomic E-state index is 0.0160. The molecule has 0 atom stereocenters. The molecular weight excluding hydrogens is 404 g/mol. The quantitative estimate of drug-likeness (QED) is 0.447. The fourth-order valence-corrected chi connectivity index (χ4v) is 3.72. The Morgan fingerprint density at radius 3 is 2.20 bits per heavy atom. The number of nitrogens with one attached hydrogen (secondary N) is 2. The summed E-state index contributed by atoms with van der Waals surface area (Å²) >= 11 is 0. The summed E-state index contributed by atoms with van der Waals surface area (Å²) in [4.78, 5) is 24.5. The van der Waals surface area contributed by atoms with E-state index in [-0.39, 0.29) is 28.7 Å². The number of esters is 1. The molecule has 8 heteroatoms. The number of anilines is 1. The molecule has 0 saturated heterocycles. The Morgan fingerprint density at radius 1 is 0.867 bits per heavy atom. The number of hydrogen-bond acceptors (Lipinski definition) is 5. The fourth-order valence-electron chi connectivity index (χ4n) is 2.63. The number of carbonyl (C=O) groups is 2. The van der Waals surface area contributed by atoms with E-state index in [2.05, 4.69) is 10.0 Å². The molecule has 1 amide bonds. The molecule has 0 aromatic heterocycles. The van der Waals surface area contributed by atoms with Crippen molar-refractivity contribution in [2.24, 2.45) is 0 Å². The number of sulfonamides is 1. The van der Waals surface area contributed by atoms with E-state index in [1.807, 2.05) is 6.07 Å². The predicted molar refractivity (Wildman–Crippen MR) is 113 cm³/mol. The molecule has 0 spiro atoms. The molecule has 0 fully saturated rings. The van der Waals surface area contributed by atoms with Crippen molar-refractivity contribution in [1.29, 1.82) is 0 Å². The van der Waals surface area contributed by atoms with Gasteiger partial charge in [0.1, 0.15) is 5.75 Å². The second-order valence-corrected chi connectivity index (χ2v) is 8.03. The number of benzene rings is 3. The standard InChI is InChI=1S/C22H20N2O5S/c1-2-23-30(27,28)20-10-6-9-17(15-20)22(26)29-19-13-11-18(12-14-19)24-21(25)16-7-4-3-5-8-16/h3-15,23H,2H2,1H3,(H,24,25). The first-order valence-corrected chi connectivity index (χ1v) is 10.7. The van der Waals surface area contributed by atoms with Crippen LogP contribution in [-0.2, 0) is 10.0 Å². The molecular formula is C22H20N2O5S.